The average molecular weight is 794 g/mol. The molecule has 3 rings (SSSR count). The van der Waals surface area contributed by atoms with Crippen LogP contribution in [0.1, 0.15) is 98.3 Å². The minimum absolute atomic E-state index is 0.0312. The number of piperidine rings is 1. The molecule has 16 nitrogen and oxygen atoms in total. The second-order valence-electron chi connectivity index (χ2n) is 13.3. The number of fused-ring (bicyclic) bond motifs is 1. The van der Waals surface area contributed by atoms with Gasteiger partial charge in [0, 0.05) is 26.1 Å². The summed E-state index contributed by atoms with van der Waals surface area (Å²) in [6, 6.07) is 3.54. The van der Waals surface area contributed by atoms with Crippen LogP contribution in [-0.4, -0.2) is 146 Å². The molecule has 0 radical (unpaired) electrons. The molecule has 0 saturated carbocycles. The average Bonchev–Trinajstić information content (AvgIpc) is 3.44. The Morgan fingerprint density at radius 1 is 0.625 bits per heavy atom. The van der Waals surface area contributed by atoms with E-state index in [9.17, 15) is 24.0 Å². The largest absolute Gasteiger partial charge is 0.379 e. The van der Waals surface area contributed by atoms with E-state index in [2.05, 4.69) is 17.6 Å². The van der Waals surface area contributed by atoms with Gasteiger partial charge in [-0.25, -0.2) is 0 Å². The molecule has 0 aliphatic carbocycles. The number of ether oxygens (including phenoxy) is 8. The van der Waals surface area contributed by atoms with Gasteiger partial charge in [0.1, 0.15) is 6.04 Å². The number of nitrogens with zero attached hydrogens (tertiary/aromatic N) is 1. The predicted octanol–water partition coefficient (Wildman–Crippen LogP) is 3.69. The Bertz CT molecular complexity index is 1310. The van der Waals surface area contributed by atoms with Crippen molar-refractivity contribution in [3.8, 4) is 0 Å². The number of rotatable bonds is 35. The first-order valence-corrected chi connectivity index (χ1v) is 20.2. The highest BCUT2D eigenvalue weighted by molar-refractivity contribution is 6.26. The third kappa shape index (κ3) is 18.7. The summed E-state index contributed by atoms with van der Waals surface area (Å²) in [5, 5.41) is 4.91. The number of imide groups is 2. The maximum atomic E-state index is 13.2. The summed E-state index contributed by atoms with van der Waals surface area (Å²) >= 11 is 0. The van der Waals surface area contributed by atoms with E-state index in [0.29, 0.717) is 106 Å². The van der Waals surface area contributed by atoms with Crippen LogP contribution in [0.5, 0.6) is 0 Å². The van der Waals surface area contributed by atoms with E-state index in [4.69, 9.17) is 37.9 Å². The lowest BCUT2D eigenvalue weighted by molar-refractivity contribution is -0.136. The fourth-order valence-corrected chi connectivity index (χ4v) is 5.95. The van der Waals surface area contributed by atoms with E-state index in [0.717, 1.165) is 30.8 Å². The van der Waals surface area contributed by atoms with Crippen molar-refractivity contribution >= 4 is 35.2 Å². The summed E-state index contributed by atoms with van der Waals surface area (Å²) < 4.78 is 44.2. The summed E-state index contributed by atoms with van der Waals surface area (Å²) in [6.45, 7) is 10.6. The normalized spacial score (nSPS) is 15.4. The molecule has 316 valence electrons. The molecule has 1 aromatic carbocycles. The fraction of sp³-hybridized carbons (Fsp3) is 0.725. The van der Waals surface area contributed by atoms with Gasteiger partial charge in [0.2, 0.25) is 17.7 Å². The number of carbonyl (C=O) groups excluding carboxylic acids is 5. The van der Waals surface area contributed by atoms with Crippen LogP contribution >= 0.6 is 0 Å². The molecular weight excluding hydrogens is 730 g/mol. The lowest BCUT2D eigenvalue weighted by Gasteiger charge is -2.27. The van der Waals surface area contributed by atoms with Crippen molar-refractivity contribution in [1.29, 1.82) is 0 Å². The van der Waals surface area contributed by atoms with Crippen LogP contribution in [0.15, 0.2) is 18.2 Å². The molecule has 0 aromatic heterocycles. The third-order valence-corrected chi connectivity index (χ3v) is 8.93. The van der Waals surface area contributed by atoms with Crippen LogP contribution in [0.3, 0.4) is 0 Å². The van der Waals surface area contributed by atoms with Gasteiger partial charge >= 0.3 is 0 Å². The lowest BCUT2D eigenvalue weighted by Crippen LogP contribution is -2.54. The second-order valence-corrected chi connectivity index (χ2v) is 13.3. The standard InChI is InChI=1S/C40H63N3O13/c1-2-3-4-5-8-16-49-18-20-51-22-24-53-26-28-55-30-31-56-29-27-54-25-23-52-21-19-50-17-9-6-7-13-35(44)41-33-12-10-11-32-37(33)40(48)43(39(32)47)34-14-15-36(45)42-38(34)46/h10-12,34H,2-9,13-31H2,1H3,(H,41,44)(H,42,45,46). The van der Waals surface area contributed by atoms with E-state index in [1.165, 1.54) is 31.7 Å². The van der Waals surface area contributed by atoms with Crippen molar-refractivity contribution < 1.29 is 61.9 Å². The van der Waals surface area contributed by atoms with E-state index < -0.39 is 29.7 Å². The van der Waals surface area contributed by atoms with Gasteiger partial charge < -0.3 is 43.2 Å². The van der Waals surface area contributed by atoms with Gasteiger partial charge in [-0.3, -0.25) is 34.2 Å². The van der Waals surface area contributed by atoms with E-state index >= 15 is 0 Å². The number of nitrogens with one attached hydrogen (secondary N) is 2. The highest BCUT2D eigenvalue weighted by Gasteiger charge is 2.45. The number of amides is 5. The summed E-state index contributed by atoms with van der Waals surface area (Å²) in [5.74, 6) is -2.70. The number of hydrogen-bond acceptors (Lipinski definition) is 13. The monoisotopic (exact) mass is 793 g/mol. The van der Waals surface area contributed by atoms with Crippen LogP contribution in [-0.2, 0) is 52.3 Å². The molecular formula is C40H63N3O13. The minimum atomic E-state index is -1.07. The summed E-state index contributed by atoms with van der Waals surface area (Å²) in [6.07, 6.45) is 8.69. The van der Waals surface area contributed by atoms with Crippen molar-refractivity contribution in [2.45, 2.75) is 83.6 Å². The number of carbonyl (C=O) groups is 5. The topological polar surface area (TPSA) is 186 Å². The zero-order chi connectivity index (χ0) is 40.1. The molecule has 2 aliphatic rings. The second kappa shape index (κ2) is 29.8. The smallest absolute Gasteiger partial charge is 0.264 e. The van der Waals surface area contributed by atoms with Crippen LogP contribution in [0.2, 0.25) is 0 Å². The molecule has 0 spiro atoms. The van der Waals surface area contributed by atoms with Crippen molar-refractivity contribution in [2.75, 3.05) is 111 Å². The SMILES string of the molecule is CCCCCCCOCCOCCOCCOCCOCCOCCOCCOCCCCCC(=O)Nc1cccc2c1C(=O)N(C1CCC(=O)NC1=O)C2=O. The molecule has 56 heavy (non-hydrogen) atoms. The van der Waals surface area contributed by atoms with Crippen LogP contribution in [0.4, 0.5) is 5.69 Å². The zero-order valence-corrected chi connectivity index (χ0v) is 33.2. The molecule has 2 N–H and O–H groups in total. The molecule has 0 bridgehead atoms. The first-order chi connectivity index (χ1) is 27.4. The fourth-order valence-electron chi connectivity index (χ4n) is 5.95. The molecule has 16 heteroatoms. The number of hydrogen-bond donors (Lipinski definition) is 2. The van der Waals surface area contributed by atoms with Crippen LogP contribution < -0.4 is 10.6 Å². The molecule has 1 unspecified atom stereocenters. The highest BCUT2D eigenvalue weighted by Crippen LogP contribution is 2.32. The van der Waals surface area contributed by atoms with Gasteiger partial charge in [-0.05, 0) is 37.8 Å². The molecule has 2 heterocycles. The molecule has 1 saturated heterocycles. The Hall–Kier alpha value is -3.35. The number of benzene rings is 1. The Morgan fingerprint density at radius 2 is 1.09 bits per heavy atom. The minimum Gasteiger partial charge on any atom is -0.379 e. The molecule has 1 atom stereocenters. The Balaban J connectivity index is 1.03. The first kappa shape index (κ1) is 47.0. The Morgan fingerprint density at radius 3 is 1.57 bits per heavy atom. The van der Waals surface area contributed by atoms with Crippen molar-refractivity contribution in [3.05, 3.63) is 29.3 Å². The molecule has 1 fully saturated rings. The maximum absolute atomic E-state index is 13.2. The number of unbranched alkanes of at least 4 members (excludes halogenated alkanes) is 6. The quantitative estimate of drug-likeness (QED) is 0.0750. The van der Waals surface area contributed by atoms with E-state index in [1.54, 1.807) is 12.1 Å². The van der Waals surface area contributed by atoms with Crippen LogP contribution in [0, 0.1) is 0 Å². The van der Waals surface area contributed by atoms with E-state index in [-0.39, 0.29) is 42.0 Å². The molecule has 2 aliphatic heterocycles. The summed E-state index contributed by atoms with van der Waals surface area (Å²) in [5.41, 5.74) is 0.393. The molecule has 5 amide bonds. The lowest BCUT2D eigenvalue weighted by atomic mass is 10.0. The summed E-state index contributed by atoms with van der Waals surface area (Å²) in [4.78, 5) is 63.5. The predicted molar refractivity (Wildman–Crippen MR) is 206 cm³/mol. The third-order valence-electron chi connectivity index (χ3n) is 8.93. The van der Waals surface area contributed by atoms with Gasteiger partial charge in [0.05, 0.1) is 109 Å². The zero-order valence-electron chi connectivity index (χ0n) is 33.2. The summed E-state index contributed by atoms with van der Waals surface area (Å²) in [7, 11) is 0. The van der Waals surface area contributed by atoms with Gasteiger partial charge in [0.25, 0.3) is 11.8 Å². The van der Waals surface area contributed by atoms with Crippen LogP contribution in [0.25, 0.3) is 0 Å². The maximum Gasteiger partial charge on any atom is 0.264 e. The first-order valence-electron chi connectivity index (χ1n) is 20.2. The van der Waals surface area contributed by atoms with E-state index in [1.807, 2.05) is 0 Å². The van der Waals surface area contributed by atoms with Gasteiger partial charge in [-0.2, -0.15) is 0 Å². The van der Waals surface area contributed by atoms with Gasteiger partial charge in [-0.1, -0.05) is 45.1 Å². The Kier molecular flexibility index (Phi) is 25.0. The van der Waals surface area contributed by atoms with Gasteiger partial charge in [0.15, 0.2) is 0 Å². The number of anilines is 1. The van der Waals surface area contributed by atoms with Crippen molar-refractivity contribution in [2.24, 2.45) is 0 Å². The molecule has 1 aromatic rings. The Labute approximate surface area is 330 Å². The van der Waals surface area contributed by atoms with Crippen molar-refractivity contribution in [3.63, 3.8) is 0 Å². The highest BCUT2D eigenvalue weighted by atomic mass is 16.6. The van der Waals surface area contributed by atoms with Gasteiger partial charge in [-0.15, -0.1) is 0 Å². The van der Waals surface area contributed by atoms with Crippen molar-refractivity contribution in [1.82, 2.24) is 10.2 Å².